The maximum absolute atomic E-state index is 12.2. The van der Waals surface area contributed by atoms with Crippen LogP contribution in [0.5, 0.6) is 0 Å². The Hall–Kier alpha value is -0.900. The molecular weight excluding hydrogens is 500 g/mol. The number of esters is 1. The van der Waals surface area contributed by atoms with Crippen LogP contribution in [0.25, 0.3) is 0 Å². The number of carbonyl (C=O) groups excluding carboxylic acids is 1. The molecule has 0 radical (unpaired) electrons. The normalized spacial score (nSPS) is 25.6. The zero-order valence-electron chi connectivity index (χ0n) is 21.3. The Kier molecular flexibility index (Phi) is 16.9. The Balaban J connectivity index is 2.69. The molecule has 1 saturated heterocycles. The van der Waals surface area contributed by atoms with Gasteiger partial charge in [0.15, 0.2) is 6.29 Å². The topological polar surface area (TPSA) is 178 Å². The predicted octanol–water partition coefficient (Wildman–Crippen LogP) is 1.50. The summed E-state index contributed by atoms with van der Waals surface area (Å²) in [7, 11) is -5.03. The second-order valence-electron chi connectivity index (χ2n) is 8.94. The molecule has 0 saturated carbocycles. The fourth-order valence-electron chi connectivity index (χ4n) is 3.73. The molecule has 0 aromatic rings. The summed E-state index contributed by atoms with van der Waals surface area (Å²) in [6.07, 6.45) is 0.1000. The summed E-state index contributed by atoms with van der Waals surface area (Å²) < 4.78 is 57.6. The van der Waals surface area contributed by atoms with E-state index in [4.69, 9.17) is 23.5 Å². The van der Waals surface area contributed by atoms with Gasteiger partial charge < -0.3 is 34.3 Å². The van der Waals surface area contributed by atoms with E-state index in [0.717, 1.165) is 32.1 Å². The number of carbonyl (C=O) groups is 1. The van der Waals surface area contributed by atoms with Gasteiger partial charge in [-0.3, -0.25) is 9.35 Å². The summed E-state index contributed by atoms with van der Waals surface area (Å²) in [5, 5.41) is 30.0. The van der Waals surface area contributed by atoms with E-state index in [0.29, 0.717) is 13.0 Å². The number of aliphatic hydroxyl groups is 3. The van der Waals surface area contributed by atoms with Crippen molar-refractivity contribution in [1.29, 1.82) is 0 Å². The molecule has 0 spiro atoms. The van der Waals surface area contributed by atoms with Crippen LogP contribution in [-0.4, -0.2) is 97.5 Å². The smallest absolute Gasteiger partial charge is 0.397 e. The molecule has 0 aromatic carbocycles. The van der Waals surface area contributed by atoms with Crippen LogP contribution in [-0.2, 0) is 38.3 Å². The lowest BCUT2D eigenvalue weighted by Crippen LogP contribution is -2.60. The molecule has 0 aromatic heterocycles. The lowest BCUT2D eigenvalue weighted by atomic mass is 9.99. The molecule has 36 heavy (non-hydrogen) atoms. The molecule has 13 heteroatoms. The lowest BCUT2D eigenvalue weighted by Gasteiger charge is -2.41. The standard InChI is InChI=1S/C23H44O12S/c1-3-5-7-8-9-11-13-31-15-17(33-19(25)12-10-6-4-2)16-32-23-21(27)22(35-36(28,29)30)20(26)18(14-24)34-23/h17-18,20-24,26-27H,3-16H2,1-2H3,(H,28,29,30). The molecule has 214 valence electrons. The quantitative estimate of drug-likeness (QED) is 0.0987. The van der Waals surface area contributed by atoms with Gasteiger partial charge in [0.05, 0.1) is 19.8 Å². The van der Waals surface area contributed by atoms with Gasteiger partial charge in [-0.2, -0.15) is 8.42 Å². The number of aliphatic hydroxyl groups excluding tert-OH is 3. The minimum absolute atomic E-state index is 0.0360. The van der Waals surface area contributed by atoms with Crippen LogP contribution >= 0.6 is 0 Å². The Morgan fingerprint density at radius 2 is 1.58 bits per heavy atom. The van der Waals surface area contributed by atoms with Crippen molar-refractivity contribution in [3.8, 4) is 0 Å². The van der Waals surface area contributed by atoms with Crippen molar-refractivity contribution < 1.29 is 56.2 Å². The Morgan fingerprint density at radius 3 is 2.22 bits per heavy atom. The zero-order valence-corrected chi connectivity index (χ0v) is 22.1. The van der Waals surface area contributed by atoms with Crippen molar-refractivity contribution in [3.05, 3.63) is 0 Å². The van der Waals surface area contributed by atoms with E-state index in [1.165, 1.54) is 19.3 Å². The minimum atomic E-state index is -5.03. The molecular formula is C23H44O12S. The number of ether oxygens (including phenoxy) is 4. The van der Waals surface area contributed by atoms with Gasteiger partial charge in [-0.05, 0) is 12.8 Å². The average molecular weight is 545 g/mol. The number of rotatable bonds is 20. The molecule has 0 aliphatic carbocycles. The first-order valence-electron chi connectivity index (χ1n) is 12.8. The van der Waals surface area contributed by atoms with Crippen molar-refractivity contribution in [2.45, 2.75) is 115 Å². The summed E-state index contributed by atoms with van der Waals surface area (Å²) in [5.74, 6) is -0.429. The van der Waals surface area contributed by atoms with E-state index in [-0.39, 0.29) is 19.6 Å². The Morgan fingerprint density at radius 1 is 0.944 bits per heavy atom. The fraction of sp³-hybridized carbons (Fsp3) is 0.957. The lowest BCUT2D eigenvalue weighted by molar-refractivity contribution is -0.301. The van der Waals surface area contributed by atoms with E-state index in [2.05, 4.69) is 11.1 Å². The monoisotopic (exact) mass is 544 g/mol. The van der Waals surface area contributed by atoms with Gasteiger partial charge in [0.2, 0.25) is 0 Å². The minimum Gasteiger partial charge on any atom is -0.457 e. The van der Waals surface area contributed by atoms with E-state index in [1.54, 1.807) is 0 Å². The molecule has 1 aliphatic rings. The van der Waals surface area contributed by atoms with Crippen LogP contribution in [0, 0.1) is 0 Å². The third kappa shape index (κ3) is 13.6. The molecule has 6 atom stereocenters. The molecule has 1 fully saturated rings. The van der Waals surface area contributed by atoms with E-state index < -0.39 is 59.8 Å². The molecule has 0 amide bonds. The first kappa shape index (κ1) is 33.1. The Labute approximate surface area is 214 Å². The van der Waals surface area contributed by atoms with Crippen molar-refractivity contribution in [3.63, 3.8) is 0 Å². The van der Waals surface area contributed by atoms with Crippen molar-refractivity contribution in [1.82, 2.24) is 0 Å². The summed E-state index contributed by atoms with van der Waals surface area (Å²) >= 11 is 0. The highest BCUT2D eigenvalue weighted by Crippen LogP contribution is 2.25. The summed E-state index contributed by atoms with van der Waals surface area (Å²) in [5.41, 5.74) is 0. The van der Waals surface area contributed by atoms with Crippen LogP contribution in [0.3, 0.4) is 0 Å². The molecule has 1 rings (SSSR count). The molecule has 1 aliphatic heterocycles. The largest absolute Gasteiger partial charge is 0.457 e. The highest BCUT2D eigenvalue weighted by molar-refractivity contribution is 7.80. The molecule has 6 unspecified atom stereocenters. The predicted molar refractivity (Wildman–Crippen MR) is 128 cm³/mol. The van der Waals surface area contributed by atoms with Gasteiger partial charge in [0.25, 0.3) is 0 Å². The van der Waals surface area contributed by atoms with Gasteiger partial charge in [-0.1, -0.05) is 58.8 Å². The SMILES string of the molecule is CCCCCCCCOCC(COC1OC(CO)C(O)C(OS(=O)(=O)O)C1O)OC(=O)CCCCC. The van der Waals surface area contributed by atoms with Crippen LogP contribution in [0.1, 0.15) is 78.1 Å². The van der Waals surface area contributed by atoms with Crippen molar-refractivity contribution >= 4 is 16.4 Å². The molecule has 1 heterocycles. The van der Waals surface area contributed by atoms with Gasteiger partial charge >= 0.3 is 16.4 Å². The van der Waals surface area contributed by atoms with E-state index >= 15 is 0 Å². The van der Waals surface area contributed by atoms with Crippen LogP contribution in [0.15, 0.2) is 0 Å². The van der Waals surface area contributed by atoms with Crippen molar-refractivity contribution in [2.24, 2.45) is 0 Å². The second-order valence-corrected chi connectivity index (χ2v) is 9.99. The first-order valence-corrected chi connectivity index (χ1v) is 14.2. The first-order chi connectivity index (χ1) is 17.1. The number of unbranched alkanes of at least 4 members (excludes halogenated alkanes) is 7. The average Bonchev–Trinajstić information content (AvgIpc) is 2.82. The van der Waals surface area contributed by atoms with Crippen LogP contribution in [0.2, 0.25) is 0 Å². The highest BCUT2D eigenvalue weighted by Gasteiger charge is 2.48. The maximum atomic E-state index is 12.2. The third-order valence-corrected chi connectivity index (χ3v) is 6.19. The van der Waals surface area contributed by atoms with E-state index in [9.17, 15) is 28.5 Å². The van der Waals surface area contributed by atoms with Crippen LogP contribution < -0.4 is 0 Å². The Bertz CT molecular complexity index is 689. The molecule has 12 nitrogen and oxygen atoms in total. The van der Waals surface area contributed by atoms with Crippen LogP contribution in [0.4, 0.5) is 0 Å². The van der Waals surface area contributed by atoms with Gasteiger partial charge in [0.1, 0.15) is 30.5 Å². The highest BCUT2D eigenvalue weighted by atomic mass is 32.3. The number of hydrogen-bond donors (Lipinski definition) is 4. The van der Waals surface area contributed by atoms with Crippen molar-refractivity contribution in [2.75, 3.05) is 26.4 Å². The fourth-order valence-corrected chi connectivity index (χ4v) is 4.24. The van der Waals surface area contributed by atoms with Gasteiger partial charge in [-0.15, -0.1) is 0 Å². The van der Waals surface area contributed by atoms with Gasteiger partial charge in [0, 0.05) is 13.0 Å². The molecule has 0 bridgehead atoms. The zero-order chi connectivity index (χ0) is 27.0. The van der Waals surface area contributed by atoms with Gasteiger partial charge in [-0.25, -0.2) is 4.18 Å². The summed E-state index contributed by atoms with van der Waals surface area (Å²) in [6, 6.07) is 0. The maximum Gasteiger partial charge on any atom is 0.397 e. The second kappa shape index (κ2) is 18.4. The third-order valence-electron chi connectivity index (χ3n) is 5.73. The summed E-state index contributed by atoms with van der Waals surface area (Å²) in [6.45, 7) is 3.67. The summed E-state index contributed by atoms with van der Waals surface area (Å²) in [4.78, 5) is 12.2. The molecule has 4 N–H and O–H groups in total. The number of hydrogen-bond acceptors (Lipinski definition) is 11. The van der Waals surface area contributed by atoms with E-state index in [1.807, 2.05) is 6.92 Å².